The van der Waals surface area contributed by atoms with E-state index in [-0.39, 0.29) is 17.6 Å². The topological polar surface area (TPSA) is 47.3 Å². The molecule has 0 aliphatic carbocycles. The van der Waals surface area contributed by atoms with Crippen LogP contribution >= 0.6 is 0 Å². The molecule has 1 aromatic carbocycles. The minimum atomic E-state index is -0.372. The predicted molar refractivity (Wildman–Crippen MR) is 49.4 cm³/mol. The molecule has 0 fully saturated rings. The van der Waals surface area contributed by atoms with E-state index in [1.807, 2.05) is 6.92 Å². The van der Waals surface area contributed by atoms with Gasteiger partial charge in [0.25, 0.3) is 0 Å². The molecule has 4 heteroatoms. The van der Waals surface area contributed by atoms with Gasteiger partial charge in [-0.1, -0.05) is 0 Å². The van der Waals surface area contributed by atoms with Crippen LogP contribution in [0.25, 0.3) is 0 Å². The number of rotatable bonds is 0. The number of hydrogen-bond acceptors (Lipinski definition) is 3. The Morgan fingerprint density at radius 3 is 3.15 bits per heavy atom. The lowest BCUT2D eigenvalue weighted by Crippen LogP contribution is -2.29. The second-order valence-corrected chi connectivity index (χ2v) is 3.20. The summed E-state index contributed by atoms with van der Waals surface area (Å²) in [6, 6.07) is 3.01. The summed E-state index contributed by atoms with van der Waals surface area (Å²) in [5, 5.41) is 3.08. The van der Waals surface area contributed by atoms with Crippen LogP contribution in [0.5, 0.6) is 5.75 Å². The SMILES string of the molecule is C[C@@H]1COc2c(F)ccc(N)c2N1. The summed E-state index contributed by atoms with van der Waals surface area (Å²) >= 11 is 0. The average molecular weight is 182 g/mol. The van der Waals surface area contributed by atoms with Crippen LogP contribution in [-0.2, 0) is 0 Å². The first-order valence-corrected chi connectivity index (χ1v) is 4.16. The summed E-state index contributed by atoms with van der Waals surface area (Å²) in [6.45, 7) is 2.42. The Morgan fingerprint density at radius 2 is 2.38 bits per heavy atom. The van der Waals surface area contributed by atoms with E-state index in [1.54, 1.807) is 0 Å². The molecule has 70 valence electrons. The van der Waals surface area contributed by atoms with Crippen molar-refractivity contribution in [1.82, 2.24) is 0 Å². The van der Waals surface area contributed by atoms with E-state index in [9.17, 15) is 4.39 Å². The van der Waals surface area contributed by atoms with Gasteiger partial charge in [-0.25, -0.2) is 4.39 Å². The number of benzene rings is 1. The molecule has 0 unspecified atom stereocenters. The summed E-state index contributed by atoms with van der Waals surface area (Å²) in [5.74, 6) is -0.137. The molecule has 3 N–H and O–H groups in total. The Morgan fingerprint density at radius 1 is 1.62 bits per heavy atom. The molecular formula is C9H11FN2O. The number of fused-ring (bicyclic) bond motifs is 1. The van der Waals surface area contributed by atoms with Crippen LogP contribution in [0.1, 0.15) is 6.92 Å². The summed E-state index contributed by atoms with van der Waals surface area (Å²) in [7, 11) is 0. The third kappa shape index (κ3) is 1.28. The van der Waals surface area contributed by atoms with Gasteiger partial charge in [0.05, 0.1) is 11.7 Å². The fourth-order valence-corrected chi connectivity index (χ4v) is 1.36. The Balaban J connectivity index is 2.51. The second kappa shape index (κ2) is 2.80. The lowest BCUT2D eigenvalue weighted by atomic mass is 10.2. The molecule has 13 heavy (non-hydrogen) atoms. The number of nitrogens with one attached hydrogen (secondary N) is 1. The molecule has 0 saturated heterocycles. The molecule has 1 aliphatic rings. The van der Waals surface area contributed by atoms with Crippen LogP contribution in [0.2, 0.25) is 0 Å². The monoisotopic (exact) mass is 182 g/mol. The molecular weight excluding hydrogens is 171 g/mol. The molecule has 1 aliphatic heterocycles. The fourth-order valence-electron chi connectivity index (χ4n) is 1.36. The minimum absolute atomic E-state index is 0.164. The van der Waals surface area contributed by atoms with Gasteiger partial charge < -0.3 is 15.8 Å². The van der Waals surface area contributed by atoms with Crippen LogP contribution in [0, 0.1) is 5.82 Å². The quantitative estimate of drug-likeness (QED) is 0.599. The van der Waals surface area contributed by atoms with Crippen LogP contribution < -0.4 is 15.8 Å². The molecule has 0 radical (unpaired) electrons. The van der Waals surface area contributed by atoms with Crippen LogP contribution in [0.4, 0.5) is 15.8 Å². The van der Waals surface area contributed by atoms with Gasteiger partial charge in [-0.15, -0.1) is 0 Å². The van der Waals surface area contributed by atoms with Crippen molar-refractivity contribution in [1.29, 1.82) is 0 Å². The van der Waals surface area contributed by atoms with Crippen molar-refractivity contribution in [3.05, 3.63) is 17.9 Å². The van der Waals surface area contributed by atoms with Crippen molar-refractivity contribution in [2.45, 2.75) is 13.0 Å². The zero-order valence-electron chi connectivity index (χ0n) is 7.30. The normalized spacial score (nSPS) is 20.0. The number of ether oxygens (including phenoxy) is 1. The van der Waals surface area contributed by atoms with Crippen molar-refractivity contribution in [3.63, 3.8) is 0 Å². The number of anilines is 2. The Labute approximate surface area is 75.7 Å². The van der Waals surface area contributed by atoms with Gasteiger partial charge in [0, 0.05) is 0 Å². The maximum Gasteiger partial charge on any atom is 0.180 e. The maximum absolute atomic E-state index is 13.2. The Kier molecular flexibility index (Phi) is 1.76. The predicted octanol–water partition coefficient (Wildman–Crippen LogP) is 1.60. The molecule has 1 aromatic rings. The van der Waals surface area contributed by atoms with Crippen LogP contribution in [0.3, 0.4) is 0 Å². The van der Waals surface area contributed by atoms with Crippen molar-refractivity contribution in [2.24, 2.45) is 0 Å². The first-order chi connectivity index (χ1) is 6.18. The Hall–Kier alpha value is -1.45. The van der Waals surface area contributed by atoms with E-state index in [1.165, 1.54) is 12.1 Å². The lowest BCUT2D eigenvalue weighted by Gasteiger charge is -2.26. The van der Waals surface area contributed by atoms with Gasteiger partial charge in [-0.3, -0.25) is 0 Å². The summed E-state index contributed by atoms with van der Waals surface area (Å²) < 4.78 is 18.4. The molecule has 0 aromatic heterocycles. The van der Waals surface area contributed by atoms with Gasteiger partial charge >= 0.3 is 0 Å². The molecule has 2 rings (SSSR count). The molecule has 0 bridgehead atoms. The fraction of sp³-hybridized carbons (Fsp3) is 0.333. The van der Waals surface area contributed by atoms with E-state index in [2.05, 4.69) is 5.32 Å². The van der Waals surface area contributed by atoms with Gasteiger partial charge in [-0.2, -0.15) is 0 Å². The average Bonchev–Trinajstić information content (AvgIpc) is 2.12. The highest BCUT2D eigenvalue weighted by atomic mass is 19.1. The van der Waals surface area contributed by atoms with E-state index in [4.69, 9.17) is 10.5 Å². The molecule has 0 spiro atoms. The standard InChI is InChI=1S/C9H11FN2O/c1-5-4-13-9-6(10)2-3-7(11)8(9)12-5/h2-3,5,12H,4,11H2,1H3/t5-/m1/s1. The summed E-state index contributed by atoms with van der Waals surface area (Å²) in [4.78, 5) is 0. The third-order valence-electron chi connectivity index (χ3n) is 2.01. The molecule has 1 atom stereocenters. The zero-order chi connectivity index (χ0) is 9.42. The first kappa shape index (κ1) is 8.16. The highest BCUT2D eigenvalue weighted by Gasteiger charge is 2.20. The largest absolute Gasteiger partial charge is 0.486 e. The molecule has 0 saturated carbocycles. The molecule has 3 nitrogen and oxygen atoms in total. The van der Waals surface area contributed by atoms with Crippen LogP contribution in [-0.4, -0.2) is 12.6 Å². The van der Waals surface area contributed by atoms with Gasteiger partial charge in [0.15, 0.2) is 11.6 Å². The number of hydrogen-bond donors (Lipinski definition) is 2. The molecule has 0 amide bonds. The number of nitrogens with two attached hydrogens (primary N) is 1. The van der Waals surface area contributed by atoms with Crippen molar-refractivity contribution in [3.8, 4) is 5.75 Å². The smallest absolute Gasteiger partial charge is 0.180 e. The highest BCUT2D eigenvalue weighted by Crippen LogP contribution is 2.36. The number of halogens is 1. The lowest BCUT2D eigenvalue weighted by molar-refractivity contribution is 0.278. The minimum Gasteiger partial charge on any atom is -0.486 e. The highest BCUT2D eigenvalue weighted by molar-refractivity contribution is 5.74. The zero-order valence-corrected chi connectivity index (χ0v) is 7.30. The van der Waals surface area contributed by atoms with E-state index in [0.29, 0.717) is 18.0 Å². The maximum atomic E-state index is 13.2. The molecule has 1 heterocycles. The van der Waals surface area contributed by atoms with Crippen LogP contribution in [0.15, 0.2) is 12.1 Å². The third-order valence-corrected chi connectivity index (χ3v) is 2.01. The van der Waals surface area contributed by atoms with Crippen molar-refractivity contribution < 1.29 is 9.13 Å². The van der Waals surface area contributed by atoms with Gasteiger partial charge in [-0.05, 0) is 19.1 Å². The van der Waals surface area contributed by atoms with E-state index in [0.717, 1.165) is 0 Å². The van der Waals surface area contributed by atoms with E-state index < -0.39 is 0 Å². The van der Waals surface area contributed by atoms with Gasteiger partial charge in [0.1, 0.15) is 12.3 Å². The second-order valence-electron chi connectivity index (χ2n) is 3.20. The first-order valence-electron chi connectivity index (χ1n) is 4.16. The van der Waals surface area contributed by atoms with Crippen molar-refractivity contribution >= 4 is 11.4 Å². The van der Waals surface area contributed by atoms with E-state index >= 15 is 0 Å². The van der Waals surface area contributed by atoms with Gasteiger partial charge in [0.2, 0.25) is 0 Å². The van der Waals surface area contributed by atoms with Crippen molar-refractivity contribution in [2.75, 3.05) is 17.7 Å². The summed E-state index contributed by atoms with van der Waals surface area (Å²) in [5.41, 5.74) is 6.75. The Bertz CT molecular complexity index is 341. The number of nitrogen functional groups attached to an aromatic ring is 1. The summed E-state index contributed by atoms with van der Waals surface area (Å²) in [6.07, 6.45) is 0.